The molecular weight excluding hydrogens is 466 g/mol. The average molecular weight is 492 g/mol. The number of aromatic nitrogens is 5. The smallest absolute Gasteiger partial charge is 0.267 e. The number of hydrogen-bond donors (Lipinski definition) is 2. The summed E-state index contributed by atoms with van der Waals surface area (Å²) in [5.41, 5.74) is 9.14. The van der Waals surface area contributed by atoms with Crippen LogP contribution >= 0.6 is 0 Å². The first-order chi connectivity index (χ1) is 18.1. The quantitative estimate of drug-likeness (QED) is 0.371. The van der Waals surface area contributed by atoms with E-state index >= 15 is 0 Å². The number of carbonyl (C=O) groups excluding carboxylic acids is 1. The molecular formula is C28H25N7O2. The van der Waals surface area contributed by atoms with Crippen molar-refractivity contribution in [2.45, 2.75) is 31.7 Å². The van der Waals surface area contributed by atoms with E-state index in [2.05, 4.69) is 31.0 Å². The van der Waals surface area contributed by atoms with Crippen molar-refractivity contribution in [2.75, 3.05) is 11.1 Å². The van der Waals surface area contributed by atoms with Crippen molar-refractivity contribution in [3.05, 3.63) is 95.4 Å². The van der Waals surface area contributed by atoms with Crippen LogP contribution < -0.4 is 16.6 Å². The number of nitrogen functional groups attached to an aromatic ring is 1. The van der Waals surface area contributed by atoms with Crippen molar-refractivity contribution in [3.63, 3.8) is 0 Å². The normalized spacial score (nSPS) is 13.7. The lowest BCUT2D eigenvalue weighted by molar-refractivity contribution is 0.102. The fourth-order valence-corrected chi connectivity index (χ4v) is 5.06. The second-order valence-corrected chi connectivity index (χ2v) is 9.16. The van der Waals surface area contributed by atoms with E-state index in [0.29, 0.717) is 23.4 Å². The molecule has 1 amide bonds. The minimum atomic E-state index is -0.522. The van der Waals surface area contributed by atoms with E-state index in [4.69, 9.17) is 5.73 Å². The number of para-hydroxylation sites is 1. The van der Waals surface area contributed by atoms with Crippen LogP contribution in [0.25, 0.3) is 27.8 Å². The molecule has 4 aromatic heterocycles. The van der Waals surface area contributed by atoms with Gasteiger partial charge in [-0.3, -0.25) is 14.2 Å². The Kier molecular flexibility index (Phi) is 5.72. The van der Waals surface area contributed by atoms with Gasteiger partial charge in [-0.25, -0.2) is 15.0 Å². The highest BCUT2D eigenvalue weighted by atomic mass is 16.2. The van der Waals surface area contributed by atoms with Gasteiger partial charge in [-0.1, -0.05) is 31.0 Å². The summed E-state index contributed by atoms with van der Waals surface area (Å²) in [6.45, 7) is 0. The molecule has 184 valence electrons. The topological polar surface area (TPSA) is 121 Å². The fraction of sp³-hybridized carbons (Fsp3) is 0.179. The van der Waals surface area contributed by atoms with Crippen LogP contribution in [0.2, 0.25) is 0 Å². The molecule has 0 unspecified atom stereocenters. The summed E-state index contributed by atoms with van der Waals surface area (Å²) in [6, 6.07) is 16.3. The maximum absolute atomic E-state index is 13.0. The number of rotatable bonds is 5. The van der Waals surface area contributed by atoms with Crippen molar-refractivity contribution in [2.24, 2.45) is 0 Å². The summed E-state index contributed by atoms with van der Waals surface area (Å²) in [5, 5.41) is 3.54. The largest absolute Gasteiger partial charge is 0.383 e. The summed E-state index contributed by atoms with van der Waals surface area (Å²) < 4.78 is 3.65. The Bertz CT molecular complexity index is 1650. The van der Waals surface area contributed by atoms with Crippen molar-refractivity contribution in [1.82, 2.24) is 24.1 Å². The first-order valence-corrected chi connectivity index (χ1v) is 12.3. The lowest BCUT2D eigenvalue weighted by atomic mass is 10.1. The van der Waals surface area contributed by atoms with E-state index in [1.54, 1.807) is 24.5 Å². The molecule has 6 rings (SSSR count). The van der Waals surface area contributed by atoms with E-state index in [9.17, 15) is 9.59 Å². The molecule has 1 fully saturated rings. The maximum atomic E-state index is 13.0. The van der Waals surface area contributed by atoms with E-state index in [1.165, 1.54) is 29.8 Å². The molecule has 0 saturated heterocycles. The molecule has 1 aliphatic carbocycles. The highest BCUT2D eigenvalue weighted by molar-refractivity contribution is 6.04. The van der Waals surface area contributed by atoms with Gasteiger partial charge in [0.1, 0.15) is 29.2 Å². The van der Waals surface area contributed by atoms with Gasteiger partial charge in [-0.05, 0) is 49.2 Å². The Balaban J connectivity index is 1.29. The lowest BCUT2D eigenvalue weighted by Gasteiger charge is -2.12. The van der Waals surface area contributed by atoms with Gasteiger partial charge in [0, 0.05) is 41.4 Å². The Labute approximate surface area is 212 Å². The van der Waals surface area contributed by atoms with Crippen molar-refractivity contribution < 1.29 is 4.79 Å². The Morgan fingerprint density at radius 2 is 1.78 bits per heavy atom. The van der Waals surface area contributed by atoms with Gasteiger partial charge in [0.15, 0.2) is 0 Å². The Hall–Kier alpha value is -4.79. The fourth-order valence-electron chi connectivity index (χ4n) is 5.06. The van der Waals surface area contributed by atoms with Crippen LogP contribution in [0.1, 0.15) is 42.1 Å². The Morgan fingerprint density at radius 3 is 2.54 bits per heavy atom. The van der Waals surface area contributed by atoms with Crippen LogP contribution in [0.5, 0.6) is 0 Å². The molecule has 9 nitrogen and oxygen atoms in total. The van der Waals surface area contributed by atoms with Gasteiger partial charge < -0.3 is 15.6 Å². The van der Waals surface area contributed by atoms with Crippen LogP contribution in [0.15, 0.2) is 84.3 Å². The van der Waals surface area contributed by atoms with Crippen LogP contribution in [0.4, 0.5) is 11.6 Å². The van der Waals surface area contributed by atoms with Crippen LogP contribution in [-0.2, 0) is 0 Å². The zero-order valence-electron chi connectivity index (χ0n) is 20.0. The monoisotopic (exact) mass is 491 g/mol. The molecule has 0 radical (unpaired) electrons. The minimum absolute atomic E-state index is 0.0294. The molecule has 5 aromatic rings. The molecule has 0 aliphatic heterocycles. The van der Waals surface area contributed by atoms with Crippen LogP contribution in [0, 0.1) is 0 Å². The third-order valence-electron chi connectivity index (χ3n) is 6.90. The number of nitrogens with two attached hydrogens (primary N) is 1. The third-order valence-corrected chi connectivity index (χ3v) is 6.90. The number of amides is 1. The molecule has 3 N–H and O–H groups in total. The number of nitrogens with zero attached hydrogens (tertiary/aromatic N) is 5. The van der Waals surface area contributed by atoms with E-state index in [1.807, 2.05) is 36.4 Å². The predicted molar refractivity (Wildman–Crippen MR) is 143 cm³/mol. The van der Waals surface area contributed by atoms with Gasteiger partial charge >= 0.3 is 0 Å². The SMILES string of the molecule is Nc1ncnc2c1c(-c1ccc(NC(=O)c3cccn(-c4ccccc4)c3=O)nc1)cn2C1CCCC1. The second-order valence-electron chi connectivity index (χ2n) is 9.16. The summed E-state index contributed by atoms with van der Waals surface area (Å²) >= 11 is 0. The average Bonchev–Trinajstić information content (AvgIpc) is 3.59. The first kappa shape index (κ1) is 22.7. The van der Waals surface area contributed by atoms with Crippen molar-refractivity contribution in [1.29, 1.82) is 0 Å². The summed E-state index contributed by atoms with van der Waals surface area (Å²) in [4.78, 5) is 39.1. The molecule has 0 spiro atoms. The number of anilines is 2. The summed E-state index contributed by atoms with van der Waals surface area (Å²) in [6.07, 6.45) is 11.5. The third kappa shape index (κ3) is 4.14. The molecule has 1 saturated carbocycles. The van der Waals surface area contributed by atoms with E-state index in [0.717, 1.165) is 35.0 Å². The number of benzene rings is 1. The number of pyridine rings is 2. The standard InChI is InChI=1S/C28H25N7O2/c29-25-24-22(16-35(20-9-4-5-10-20)26(24)32-17-31-25)18-12-13-23(30-15-18)33-27(36)21-11-6-14-34(28(21)37)19-7-2-1-3-8-19/h1-3,6-8,11-17,20H,4-5,9-10H2,(H2,29,31,32)(H,30,33,36). The van der Waals surface area contributed by atoms with Gasteiger partial charge in [0.25, 0.3) is 11.5 Å². The number of hydrogen-bond acceptors (Lipinski definition) is 6. The summed E-state index contributed by atoms with van der Waals surface area (Å²) in [7, 11) is 0. The molecule has 1 aromatic carbocycles. The van der Waals surface area contributed by atoms with Crippen molar-refractivity contribution >= 4 is 28.6 Å². The summed E-state index contributed by atoms with van der Waals surface area (Å²) in [5.74, 6) is 0.242. The van der Waals surface area contributed by atoms with Crippen LogP contribution in [-0.4, -0.2) is 30.0 Å². The maximum Gasteiger partial charge on any atom is 0.267 e. The second kappa shape index (κ2) is 9.34. The van der Waals surface area contributed by atoms with Gasteiger partial charge in [-0.2, -0.15) is 0 Å². The first-order valence-electron chi connectivity index (χ1n) is 12.3. The molecule has 37 heavy (non-hydrogen) atoms. The highest BCUT2D eigenvalue weighted by Crippen LogP contribution is 2.38. The number of carbonyl (C=O) groups is 1. The predicted octanol–water partition coefficient (Wildman–Crippen LogP) is 4.59. The van der Waals surface area contributed by atoms with Crippen LogP contribution in [0.3, 0.4) is 0 Å². The van der Waals surface area contributed by atoms with Gasteiger partial charge in [0.2, 0.25) is 0 Å². The lowest BCUT2D eigenvalue weighted by Crippen LogP contribution is -2.28. The molecule has 1 aliphatic rings. The van der Waals surface area contributed by atoms with Gasteiger partial charge in [-0.15, -0.1) is 0 Å². The molecule has 0 bridgehead atoms. The van der Waals surface area contributed by atoms with E-state index in [-0.39, 0.29) is 5.56 Å². The highest BCUT2D eigenvalue weighted by Gasteiger charge is 2.23. The zero-order chi connectivity index (χ0) is 25.4. The molecule has 0 atom stereocenters. The number of nitrogens with one attached hydrogen (secondary N) is 1. The molecule has 4 heterocycles. The Morgan fingerprint density at radius 1 is 0.973 bits per heavy atom. The van der Waals surface area contributed by atoms with Crippen molar-refractivity contribution in [3.8, 4) is 16.8 Å². The number of fused-ring (bicyclic) bond motifs is 1. The zero-order valence-corrected chi connectivity index (χ0v) is 20.0. The molecule has 9 heteroatoms. The van der Waals surface area contributed by atoms with Gasteiger partial charge in [0.05, 0.1) is 5.39 Å². The minimum Gasteiger partial charge on any atom is -0.383 e. The van der Waals surface area contributed by atoms with E-state index < -0.39 is 11.5 Å².